The van der Waals surface area contributed by atoms with Gasteiger partial charge in [-0.25, -0.2) is 0 Å². The number of hydrogen-bond acceptors (Lipinski definition) is 5. The number of hydrogen-bond donors (Lipinski definition) is 2. The Morgan fingerprint density at radius 1 is 1.28 bits per heavy atom. The zero-order valence-electron chi connectivity index (χ0n) is 11.1. The van der Waals surface area contributed by atoms with Crippen molar-refractivity contribution in [3.63, 3.8) is 0 Å². The number of unbranched alkanes of at least 4 members (excludes halogenated alkanes) is 1. The normalized spacial score (nSPS) is 19.7. The van der Waals surface area contributed by atoms with E-state index in [0.717, 1.165) is 31.2 Å². The molecule has 1 heterocycles. The summed E-state index contributed by atoms with van der Waals surface area (Å²) in [5.41, 5.74) is 0. The van der Waals surface area contributed by atoms with Crippen LogP contribution in [-0.2, 0) is 4.79 Å². The van der Waals surface area contributed by atoms with Crippen molar-refractivity contribution in [2.24, 2.45) is 0 Å². The van der Waals surface area contributed by atoms with Gasteiger partial charge >= 0.3 is 0 Å². The van der Waals surface area contributed by atoms with Crippen LogP contribution < -0.4 is 10.6 Å². The fourth-order valence-corrected chi connectivity index (χ4v) is 6.70. The molecule has 1 unspecified atom stereocenters. The molecular formula is C12H24N2OS3. The molecule has 3 nitrogen and oxygen atoms in total. The third-order valence-corrected chi connectivity index (χ3v) is 7.59. The van der Waals surface area contributed by atoms with Gasteiger partial charge in [0.25, 0.3) is 0 Å². The number of amides is 1. The van der Waals surface area contributed by atoms with Crippen molar-refractivity contribution >= 4 is 37.3 Å². The van der Waals surface area contributed by atoms with Crippen LogP contribution in [-0.4, -0.2) is 37.0 Å². The third-order valence-electron chi connectivity index (χ3n) is 2.85. The topological polar surface area (TPSA) is 41.1 Å². The third kappa shape index (κ3) is 8.56. The van der Waals surface area contributed by atoms with Gasteiger partial charge in [-0.2, -0.15) is 0 Å². The molecule has 0 radical (unpaired) electrons. The lowest BCUT2D eigenvalue weighted by Gasteiger charge is -2.19. The lowest BCUT2D eigenvalue weighted by molar-refractivity contribution is -0.121. The van der Waals surface area contributed by atoms with Crippen LogP contribution in [0, 0.1) is 0 Å². The Labute approximate surface area is 122 Å². The van der Waals surface area contributed by atoms with Gasteiger partial charge in [0, 0.05) is 24.0 Å². The smallest absolute Gasteiger partial charge is 0.219 e. The van der Waals surface area contributed by atoms with Crippen LogP contribution in [0.15, 0.2) is 0 Å². The van der Waals surface area contributed by atoms with Gasteiger partial charge in [0.15, 0.2) is 0 Å². The molecule has 2 N–H and O–H groups in total. The lowest BCUT2D eigenvalue weighted by atomic mass is 10.1. The average Bonchev–Trinajstić information content (AvgIpc) is 2.41. The van der Waals surface area contributed by atoms with Crippen LogP contribution in [0.3, 0.4) is 0 Å². The summed E-state index contributed by atoms with van der Waals surface area (Å²) < 4.78 is 0. The van der Waals surface area contributed by atoms with Gasteiger partial charge in [0.2, 0.25) is 5.91 Å². The Morgan fingerprint density at radius 3 is 2.89 bits per heavy atom. The quantitative estimate of drug-likeness (QED) is 0.506. The molecule has 6 heteroatoms. The molecule has 1 aliphatic rings. The molecule has 106 valence electrons. The molecule has 0 spiro atoms. The van der Waals surface area contributed by atoms with E-state index in [4.69, 9.17) is 0 Å². The Bertz CT molecular complexity index is 223. The highest BCUT2D eigenvalue weighted by Gasteiger charge is 2.14. The summed E-state index contributed by atoms with van der Waals surface area (Å²) in [6, 6.07) is 0. The molecule has 0 bridgehead atoms. The van der Waals surface area contributed by atoms with Crippen molar-refractivity contribution in [1.82, 2.24) is 10.6 Å². The minimum atomic E-state index is 0.215. The second-order valence-corrected chi connectivity index (χ2v) is 9.01. The van der Waals surface area contributed by atoms with E-state index >= 15 is 0 Å². The maximum Gasteiger partial charge on any atom is 0.219 e. The first-order valence-electron chi connectivity index (χ1n) is 6.69. The van der Waals surface area contributed by atoms with Crippen LogP contribution in [0.5, 0.6) is 0 Å². The number of nitrogens with one attached hydrogen (secondary N) is 2. The van der Waals surface area contributed by atoms with Crippen LogP contribution in [0.4, 0.5) is 0 Å². The van der Waals surface area contributed by atoms with Gasteiger partial charge in [0.05, 0.1) is 0 Å². The molecule has 0 aromatic heterocycles. The molecule has 1 aliphatic heterocycles. The summed E-state index contributed by atoms with van der Waals surface area (Å²) in [5.74, 6) is 1.50. The number of rotatable bonds is 9. The molecule has 0 aliphatic carbocycles. The number of carbonyl (C=O) groups is 1. The molecule has 1 rings (SSSR count). The summed E-state index contributed by atoms with van der Waals surface area (Å²) in [7, 11) is 7.84. The van der Waals surface area contributed by atoms with Gasteiger partial charge in [0.1, 0.15) is 0 Å². The van der Waals surface area contributed by atoms with Crippen molar-refractivity contribution in [3.05, 3.63) is 0 Å². The van der Waals surface area contributed by atoms with Crippen molar-refractivity contribution in [2.45, 2.75) is 43.8 Å². The highest BCUT2D eigenvalue weighted by Crippen LogP contribution is 2.45. The molecule has 1 atom stereocenters. The van der Waals surface area contributed by atoms with E-state index in [1.807, 2.05) is 38.5 Å². The zero-order valence-corrected chi connectivity index (χ0v) is 13.5. The average molecular weight is 309 g/mol. The van der Waals surface area contributed by atoms with Crippen molar-refractivity contribution < 1.29 is 4.79 Å². The molecule has 0 saturated carbocycles. The highest BCUT2D eigenvalue weighted by molar-refractivity contribution is 9.09. The van der Waals surface area contributed by atoms with E-state index in [1.165, 1.54) is 25.0 Å². The Kier molecular flexibility index (Phi) is 10.4. The first kappa shape index (κ1) is 16.5. The Morgan fingerprint density at radius 2 is 2.17 bits per heavy atom. The molecule has 1 fully saturated rings. The predicted octanol–water partition coefficient (Wildman–Crippen LogP) is 3.07. The minimum Gasteiger partial charge on any atom is -0.356 e. The fourth-order valence-electron chi connectivity index (χ4n) is 1.78. The van der Waals surface area contributed by atoms with E-state index in [9.17, 15) is 4.79 Å². The van der Waals surface area contributed by atoms with Gasteiger partial charge in [-0.3, -0.25) is 4.79 Å². The first-order chi connectivity index (χ1) is 8.83. The standard InChI is InChI=1S/C12H24N2OS3/c1-13-8-4-9-14-12(15)6-3-2-5-11-7-10-16-18-17-11/h11,13H,2-10H2,1H3,(H,14,15). The molecule has 1 saturated heterocycles. The Hall–Kier alpha value is 0.480. The van der Waals surface area contributed by atoms with Gasteiger partial charge in [-0.1, -0.05) is 28.0 Å². The van der Waals surface area contributed by atoms with E-state index < -0.39 is 0 Å². The van der Waals surface area contributed by atoms with Crippen LogP contribution in [0.25, 0.3) is 0 Å². The first-order valence-corrected chi connectivity index (χ1v) is 10.4. The minimum absolute atomic E-state index is 0.215. The van der Waals surface area contributed by atoms with Crippen molar-refractivity contribution in [2.75, 3.05) is 25.9 Å². The molecular weight excluding hydrogens is 284 g/mol. The highest BCUT2D eigenvalue weighted by atomic mass is 33.5. The molecule has 18 heavy (non-hydrogen) atoms. The van der Waals surface area contributed by atoms with E-state index in [1.54, 1.807) is 0 Å². The summed E-state index contributed by atoms with van der Waals surface area (Å²) in [5, 5.41) is 6.85. The fraction of sp³-hybridized carbons (Fsp3) is 0.917. The maximum atomic E-state index is 11.5. The van der Waals surface area contributed by atoms with Gasteiger partial charge in [-0.05, 0) is 49.1 Å². The summed E-state index contributed by atoms with van der Waals surface area (Å²) in [6.07, 6.45) is 6.53. The molecule has 0 aromatic carbocycles. The maximum absolute atomic E-state index is 11.5. The summed E-state index contributed by atoms with van der Waals surface area (Å²) in [6.45, 7) is 1.76. The van der Waals surface area contributed by atoms with Gasteiger partial charge < -0.3 is 10.6 Å². The number of carbonyl (C=O) groups excluding carboxylic acids is 1. The monoisotopic (exact) mass is 308 g/mol. The van der Waals surface area contributed by atoms with Gasteiger partial charge in [-0.15, -0.1) is 0 Å². The largest absolute Gasteiger partial charge is 0.356 e. The summed E-state index contributed by atoms with van der Waals surface area (Å²) >= 11 is 0. The SMILES string of the molecule is CNCCCNC(=O)CCCCC1CCSSS1. The van der Waals surface area contributed by atoms with E-state index in [2.05, 4.69) is 10.6 Å². The second-order valence-electron chi connectivity index (χ2n) is 4.45. The van der Waals surface area contributed by atoms with Crippen molar-refractivity contribution in [1.29, 1.82) is 0 Å². The van der Waals surface area contributed by atoms with Crippen LogP contribution >= 0.6 is 31.4 Å². The lowest BCUT2D eigenvalue weighted by Crippen LogP contribution is -2.26. The van der Waals surface area contributed by atoms with E-state index in [-0.39, 0.29) is 5.91 Å². The molecule has 1 amide bonds. The molecule has 0 aromatic rings. The Balaban J connectivity index is 1.88. The van der Waals surface area contributed by atoms with E-state index in [0.29, 0.717) is 6.42 Å². The van der Waals surface area contributed by atoms with Crippen molar-refractivity contribution in [3.8, 4) is 0 Å². The van der Waals surface area contributed by atoms with Crippen LogP contribution in [0.2, 0.25) is 0 Å². The zero-order chi connectivity index (χ0) is 13.1. The predicted molar refractivity (Wildman–Crippen MR) is 86.1 cm³/mol. The van der Waals surface area contributed by atoms with Crippen LogP contribution in [0.1, 0.15) is 38.5 Å². The second kappa shape index (κ2) is 11.3. The summed E-state index contributed by atoms with van der Waals surface area (Å²) in [4.78, 5) is 11.5.